The van der Waals surface area contributed by atoms with Gasteiger partial charge in [-0.25, -0.2) is 0 Å². The zero-order valence-corrected chi connectivity index (χ0v) is 9.59. The van der Waals surface area contributed by atoms with Gasteiger partial charge in [-0.05, 0) is 23.8 Å². The number of nitrogens with one attached hydrogen (secondary N) is 2. The standard InChI is InChI=1S/C13H13ClN2/c14-11-3-4-12-10(5-7-16-12)13(11)9-2-1-6-15-8-9/h1-5,7,9,15-16H,6,8H2. The number of hydrogen-bond acceptors (Lipinski definition) is 1. The van der Waals surface area contributed by atoms with E-state index >= 15 is 0 Å². The molecule has 2 heterocycles. The Hall–Kier alpha value is -1.25. The van der Waals surface area contributed by atoms with Crippen LogP contribution >= 0.6 is 11.6 Å². The van der Waals surface area contributed by atoms with Crippen molar-refractivity contribution in [3.63, 3.8) is 0 Å². The molecule has 0 saturated carbocycles. The minimum atomic E-state index is 0.376. The van der Waals surface area contributed by atoms with E-state index in [1.165, 1.54) is 10.9 Å². The lowest BCUT2D eigenvalue weighted by Gasteiger charge is -2.20. The minimum Gasteiger partial charge on any atom is -0.361 e. The molecule has 16 heavy (non-hydrogen) atoms. The van der Waals surface area contributed by atoms with Gasteiger partial charge in [0.1, 0.15) is 0 Å². The highest BCUT2D eigenvalue weighted by atomic mass is 35.5. The molecule has 1 aromatic carbocycles. The molecular formula is C13H13ClN2. The highest BCUT2D eigenvalue weighted by molar-refractivity contribution is 6.32. The van der Waals surface area contributed by atoms with Crippen molar-refractivity contribution in [3.8, 4) is 0 Å². The summed E-state index contributed by atoms with van der Waals surface area (Å²) in [5, 5.41) is 5.44. The zero-order chi connectivity index (χ0) is 11.0. The summed E-state index contributed by atoms with van der Waals surface area (Å²) in [6.07, 6.45) is 6.37. The molecule has 0 spiro atoms. The van der Waals surface area contributed by atoms with Gasteiger partial charge in [-0.15, -0.1) is 0 Å². The van der Waals surface area contributed by atoms with E-state index in [4.69, 9.17) is 11.6 Å². The number of aromatic amines is 1. The first-order valence-electron chi connectivity index (χ1n) is 5.49. The fraction of sp³-hybridized carbons (Fsp3) is 0.231. The second-order valence-electron chi connectivity index (χ2n) is 4.09. The van der Waals surface area contributed by atoms with Crippen molar-refractivity contribution in [2.24, 2.45) is 0 Å². The van der Waals surface area contributed by atoms with Crippen LogP contribution in [0.3, 0.4) is 0 Å². The number of hydrogen-bond donors (Lipinski definition) is 2. The maximum Gasteiger partial charge on any atom is 0.0457 e. The summed E-state index contributed by atoms with van der Waals surface area (Å²) in [5.74, 6) is 0.376. The van der Waals surface area contributed by atoms with E-state index in [2.05, 4.69) is 28.5 Å². The molecule has 1 aromatic heterocycles. The van der Waals surface area contributed by atoms with E-state index in [0.717, 1.165) is 23.6 Å². The number of fused-ring (bicyclic) bond motifs is 1. The van der Waals surface area contributed by atoms with E-state index in [0.29, 0.717) is 5.92 Å². The topological polar surface area (TPSA) is 27.8 Å². The molecule has 0 radical (unpaired) electrons. The molecule has 2 nitrogen and oxygen atoms in total. The van der Waals surface area contributed by atoms with Crippen molar-refractivity contribution in [2.45, 2.75) is 5.92 Å². The first-order valence-corrected chi connectivity index (χ1v) is 5.87. The molecular weight excluding hydrogens is 220 g/mol. The van der Waals surface area contributed by atoms with Crippen LogP contribution in [0, 0.1) is 0 Å². The molecule has 2 N–H and O–H groups in total. The van der Waals surface area contributed by atoms with Gasteiger partial charge in [-0.1, -0.05) is 23.8 Å². The monoisotopic (exact) mass is 232 g/mol. The van der Waals surface area contributed by atoms with E-state index in [1.807, 2.05) is 18.3 Å². The Morgan fingerprint density at radius 3 is 3.00 bits per heavy atom. The van der Waals surface area contributed by atoms with Crippen molar-refractivity contribution >= 4 is 22.5 Å². The van der Waals surface area contributed by atoms with Crippen molar-refractivity contribution in [1.29, 1.82) is 0 Å². The Labute approximate surface area is 99.3 Å². The third kappa shape index (κ3) is 1.55. The second-order valence-corrected chi connectivity index (χ2v) is 4.50. The highest BCUT2D eigenvalue weighted by Crippen LogP contribution is 2.33. The van der Waals surface area contributed by atoms with Gasteiger partial charge in [-0.3, -0.25) is 0 Å². The predicted molar refractivity (Wildman–Crippen MR) is 68.1 cm³/mol. The molecule has 1 atom stereocenters. The maximum atomic E-state index is 6.32. The fourth-order valence-electron chi connectivity index (χ4n) is 2.33. The van der Waals surface area contributed by atoms with Crippen LogP contribution in [0.1, 0.15) is 11.5 Å². The van der Waals surface area contributed by atoms with Gasteiger partial charge < -0.3 is 10.3 Å². The average Bonchev–Trinajstić information content (AvgIpc) is 2.78. The molecule has 0 amide bonds. The third-order valence-electron chi connectivity index (χ3n) is 3.09. The van der Waals surface area contributed by atoms with Crippen LogP contribution in [0.5, 0.6) is 0 Å². The second kappa shape index (κ2) is 3.96. The van der Waals surface area contributed by atoms with E-state index in [-0.39, 0.29) is 0 Å². The van der Waals surface area contributed by atoms with E-state index in [9.17, 15) is 0 Å². The Bertz CT molecular complexity index is 542. The summed E-state index contributed by atoms with van der Waals surface area (Å²) < 4.78 is 0. The molecule has 1 aliphatic heterocycles. The van der Waals surface area contributed by atoms with Crippen LogP contribution in [0.4, 0.5) is 0 Å². The van der Waals surface area contributed by atoms with Gasteiger partial charge in [0.2, 0.25) is 0 Å². The van der Waals surface area contributed by atoms with Gasteiger partial charge in [-0.2, -0.15) is 0 Å². The van der Waals surface area contributed by atoms with Crippen LogP contribution in [0.15, 0.2) is 36.5 Å². The van der Waals surface area contributed by atoms with Gasteiger partial charge >= 0.3 is 0 Å². The summed E-state index contributed by atoms with van der Waals surface area (Å²) in [7, 11) is 0. The molecule has 0 aliphatic carbocycles. The lowest BCUT2D eigenvalue weighted by atomic mass is 9.93. The summed E-state index contributed by atoms with van der Waals surface area (Å²) >= 11 is 6.32. The molecule has 82 valence electrons. The Morgan fingerprint density at radius 1 is 1.25 bits per heavy atom. The molecule has 1 aliphatic rings. The molecule has 0 bridgehead atoms. The normalized spacial score (nSPS) is 20.4. The third-order valence-corrected chi connectivity index (χ3v) is 3.42. The molecule has 0 fully saturated rings. The Kier molecular flexibility index (Phi) is 2.46. The number of halogens is 1. The number of rotatable bonds is 1. The molecule has 3 heteroatoms. The van der Waals surface area contributed by atoms with Crippen molar-refractivity contribution in [1.82, 2.24) is 10.3 Å². The van der Waals surface area contributed by atoms with Crippen LogP contribution in [0.25, 0.3) is 10.9 Å². The maximum absolute atomic E-state index is 6.32. The van der Waals surface area contributed by atoms with Crippen LogP contribution in [-0.4, -0.2) is 18.1 Å². The van der Waals surface area contributed by atoms with E-state index in [1.54, 1.807) is 0 Å². The number of H-pyrrole nitrogens is 1. The zero-order valence-electron chi connectivity index (χ0n) is 8.83. The smallest absolute Gasteiger partial charge is 0.0457 e. The Morgan fingerprint density at radius 2 is 2.19 bits per heavy atom. The minimum absolute atomic E-state index is 0.376. The van der Waals surface area contributed by atoms with Crippen molar-refractivity contribution < 1.29 is 0 Å². The molecule has 3 rings (SSSR count). The summed E-state index contributed by atoms with van der Waals surface area (Å²) in [5.41, 5.74) is 2.38. The fourth-order valence-corrected chi connectivity index (χ4v) is 2.63. The van der Waals surface area contributed by atoms with Crippen LogP contribution < -0.4 is 5.32 Å². The summed E-state index contributed by atoms with van der Waals surface area (Å²) in [6, 6.07) is 6.10. The first-order chi connectivity index (χ1) is 7.86. The lowest BCUT2D eigenvalue weighted by Crippen LogP contribution is -2.24. The molecule has 2 aromatic rings. The van der Waals surface area contributed by atoms with Gasteiger partial charge in [0.15, 0.2) is 0 Å². The SMILES string of the molecule is Clc1ccc2[nH]ccc2c1C1C=CCNC1. The number of benzene rings is 1. The van der Waals surface area contributed by atoms with Crippen molar-refractivity contribution in [2.75, 3.05) is 13.1 Å². The average molecular weight is 233 g/mol. The van der Waals surface area contributed by atoms with E-state index < -0.39 is 0 Å². The highest BCUT2D eigenvalue weighted by Gasteiger charge is 2.17. The van der Waals surface area contributed by atoms with Crippen molar-refractivity contribution in [3.05, 3.63) is 47.1 Å². The summed E-state index contributed by atoms with van der Waals surface area (Å²) in [4.78, 5) is 3.22. The largest absolute Gasteiger partial charge is 0.361 e. The Balaban J connectivity index is 2.20. The van der Waals surface area contributed by atoms with Gasteiger partial charge in [0, 0.05) is 41.1 Å². The van der Waals surface area contributed by atoms with Gasteiger partial charge in [0.05, 0.1) is 0 Å². The quantitative estimate of drug-likeness (QED) is 0.727. The molecule has 0 saturated heterocycles. The summed E-state index contributed by atoms with van der Waals surface area (Å²) in [6.45, 7) is 1.91. The first kappa shape index (κ1) is 9.94. The van der Waals surface area contributed by atoms with Crippen LogP contribution in [-0.2, 0) is 0 Å². The number of aromatic nitrogens is 1. The predicted octanol–water partition coefficient (Wildman–Crippen LogP) is 3.06. The lowest BCUT2D eigenvalue weighted by molar-refractivity contribution is 0.665. The van der Waals surface area contributed by atoms with Crippen LogP contribution in [0.2, 0.25) is 5.02 Å². The van der Waals surface area contributed by atoms with Gasteiger partial charge in [0.25, 0.3) is 0 Å². The molecule has 1 unspecified atom stereocenters.